The van der Waals surface area contributed by atoms with Crippen molar-refractivity contribution in [3.8, 4) is 0 Å². The van der Waals surface area contributed by atoms with Crippen LogP contribution in [0.5, 0.6) is 0 Å². The summed E-state index contributed by atoms with van der Waals surface area (Å²) in [4.78, 5) is 7.43. The molecule has 1 aliphatic rings. The molecule has 1 aromatic heterocycles. The summed E-state index contributed by atoms with van der Waals surface area (Å²) in [6, 6.07) is 1.22. The summed E-state index contributed by atoms with van der Waals surface area (Å²) in [6.45, 7) is 5.83. The van der Waals surface area contributed by atoms with Gasteiger partial charge >= 0.3 is 0 Å². The van der Waals surface area contributed by atoms with Gasteiger partial charge in [-0.3, -0.25) is 4.90 Å². The molecule has 2 rings (SSSR count). The monoisotopic (exact) mass is 300 g/mol. The van der Waals surface area contributed by atoms with Crippen molar-refractivity contribution in [2.75, 3.05) is 6.54 Å². The lowest BCUT2D eigenvalue weighted by Gasteiger charge is -2.35. The number of hydrogen-bond donors (Lipinski definition) is 0. The first-order chi connectivity index (χ1) is 9.30. The molecule has 0 aliphatic carbocycles. The number of likely N-dealkylation sites (tertiary alicyclic amines) is 1. The molecule has 1 aliphatic heterocycles. The first kappa shape index (κ1) is 15.3. The average Bonchev–Trinajstić information content (AvgIpc) is 2.78. The van der Waals surface area contributed by atoms with Crippen molar-refractivity contribution >= 4 is 22.9 Å². The largest absolute Gasteiger partial charge is 0.291 e. The lowest BCUT2D eigenvalue weighted by molar-refractivity contribution is 0.128. The SMILES string of the molecule is CCC1CCCCCN1C(CC)c1nc(CCl)cs1. The van der Waals surface area contributed by atoms with Crippen molar-refractivity contribution in [1.82, 2.24) is 9.88 Å². The molecule has 19 heavy (non-hydrogen) atoms. The minimum atomic E-state index is 0.491. The maximum atomic E-state index is 5.89. The Morgan fingerprint density at radius 1 is 1.42 bits per heavy atom. The molecule has 0 bridgehead atoms. The molecular formula is C15H25ClN2S. The van der Waals surface area contributed by atoms with Crippen LogP contribution in [0.25, 0.3) is 0 Å². The van der Waals surface area contributed by atoms with Gasteiger partial charge in [-0.2, -0.15) is 0 Å². The number of rotatable bonds is 5. The number of halogens is 1. The predicted octanol–water partition coefficient (Wildman–Crippen LogP) is 4.99. The maximum Gasteiger partial charge on any atom is 0.110 e. The van der Waals surface area contributed by atoms with Crippen LogP contribution in [0.3, 0.4) is 0 Å². The zero-order valence-corrected chi connectivity index (χ0v) is 13.6. The molecule has 2 nitrogen and oxygen atoms in total. The molecule has 0 N–H and O–H groups in total. The first-order valence-electron chi connectivity index (χ1n) is 7.56. The fourth-order valence-electron chi connectivity index (χ4n) is 3.14. The van der Waals surface area contributed by atoms with Gasteiger partial charge in [-0.25, -0.2) is 4.98 Å². The van der Waals surface area contributed by atoms with Gasteiger partial charge in [0.25, 0.3) is 0 Å². The molecule has 0 saturated carbocycles. The van der Waals surface area contributed by atoms with Crippen LogP contribution in [-0.2, 0) is 5.88 Å². The highest BCUT2D eigenvalue weighted by atomic mass is 35.5. The van der Waals surface area contributed by atoms with Gasteiger partial charge in [0.2, 0.25) is 0 Å². The molecule has 108 valence electrons. The van der Waals surface area contributed by atoms with Gasteiger partial charge in [0, 0.05) is 11.4 Å². The quantitative estimate of drug-likeness (QED) is 0.712. The van der Waals surface area contributed by atoms with Crippen LogP contribution in [0.4, 0.5) is 0 Å². The molecule has 4 heteroatoms. The van der Waals surface area contributed by atoms with E-state index in [1.807, 2.05) is 0 Å². The van der Waals surface area contributed by atoms with Crippen LogP contribution in [0, 0.1) is 0 Å². The second-order valence-electron chi connectivity index (χ2n) is 5.38. The highest BCUT2D eigenvalue weighted by Crippen LogP contribution is 2.33. The highest BCUT2D eigenvalue weighted by Gasteiger charge is 2.28. The summed E-state index contributed by atoms with van der Waals surface area (Å²) >= 11 is 7.67. The van der Waals surface area contributed by atoms with Crippen molar-refractivity contribution in [3.05, 3.63) is 16.1 Å². The van der Waals surface area contributed by atoms with E-state index in [1.165, 1.54) is 43.7 Å². The Morgan fingerprint density at radius 3 is 2.89 bits per heavy atom. The summed E-state index contributed by atoms with van der Waals surface area (Å²) in [7, 11) is 0. The van der Waals surface area contributed by atoms with E-state index in [2.05, 4.69) is 24.1 Å². The minimum Gasteiger partial charge on any atom is -0.291 e. The van der Waals surface area contributed by atoms with E-state index in [1.54, 1.807) is 11.3 Å². The van der Waals surface area contributed by atoms with Crippen LogP contribution in [-0.4, -0.2) is 22.5 Å². The highest BCUT2D eigenvalue weighted by molar-refractivity contribution is 7.09. The van der Waals surface area contributed by atoms with E-state index in [-0.39, 0.29) is 0 Å². The third-order valence-corrected chi connectivity index (χ3v) is 5.44. The van der Waals surface area contributed by atoms with Crippen molar-refractivity contribution in [3.63, 3.8) is 0 Å². The fraction of sp³-hybridized carbons (Fsp3) is 0.800. The maximum absolute atomic E-state index is 5.89. The van der Waals surface area contributed by atoms with Crippen molar-refractivity contribution < 1.29 is 0 Å². The Labute approximate surface area is 126 Å². The number of thiazole rings is 1. The van der Waals surface area contributed by atoms with Gasteiger partial charge in [-0.15, -0.1) is 22.9 Å². The summed E-state index contributed by atoms with van der Waals surface area (Å²) < 4.78 is 0. The standard InChI is InChI=1S/C15H25ClN2S/c1-3-13-8-6-5-7-9-18(13)14(4-2)15-17-12(10-16)11-19-15/h11,13-14H,3-10H2,1-2H3. The lowest BCUT2D eigenvalue weighted by Crippen LogP contribution is -2.37. The molecule has 2 unspecified atom stereocenters. The summed E-state index contributed by atoms with van der Waals surface area (Å²) in [5.74, 6) is 0.532. The smallest absolute Gasteiger partial charge is 0.110 e. The van der Waals surface area contributed by atoms with Gasteiger partial charge in [-0.05, 0) is 32.2 Å². The molecule has 1 aromatic rings. The second kappa shape index (κ2) is 7.61. The van der Waals surface area contributed by atoms with E-state index in [0.29, 0.717) is 11.9 Å². The van der Waals surface area contributed by atoms with E-state index in [4.69, 9.17) is 16.6 Å². The molecule has 1 fully saturated rings. The number of aromatic nitrogens is 1. The lowest BCUT2D eigenvalue weighted by atomic mass is 10.0. The molecule has 1 saturated heterocycles. The molecular weight excluding hydrogens is 276 g/mol. The van der Waals surface area contributed by atoms with Crippen molar-refractivity contribution in [1.29, 1.82) is 0 Å². The number of alkyl halides is 1. The van der Waals surface area contributed by atoms with Gasteiger partial charge in [0.1, 0.15) is 5.01 Å². The van der Waals surface area contributed by atoms with E-state index in [0.717, 1.165) is 18.2 Å². The molecule has 0 amide bonds. The minimum absolute atomic E-state index is 0.491. The summed E-state index contributed by atoms with van der Waals surface area (Å²) in [5.41, 5.74) is 1.03. The zero-order chi connectivity index (χ0) is 13.7. The zero-order valence-electron chi connectivity index (χ0n) is 12.1. The average molecular weight is 301 g/mol. The first-order valence-corrected chi connectivity index (χ1v) is 8.97. The van der Waals surface area contributed by atoms with Crippen molar-refractivity contribution in [2.45, 2.75) is 70.3 Å². The van der Waals surface area contributed by atoms with Crippen LogP contribution in [0.15, 0.2) is 5.38 Å². The van der Waals surface area contributed by atoms with Gasteiger partial charge in [-0.1, -0.05) is 26.7 Å². The Kier molecular flexibility index (Phi) is 6.11. The Hall–Kier alpha value is -0.120. The van der Waals surface area contributed by atoms with E-state index >= 15 is 0 Å². The molecule has 0 radical (unpaired) electrons. The normalized spacial score (nSPS) is 23.2. The number of nitrogens with zero attached hydrogens (tertiary/aromatic N) is 2. The summed E-state index contributed by atoms with van der Waals surface area (Å²) in [5, 5.41) is 3.38. The third-order valence-electron chi connectivity index (χ3n) is 4.17. The Bertz CT molecular complexity index is 380. The molecule has 2 atom stereocenters. The fourth-order valence-corrected chi connectivity index (χ4v) is 4.39. The molecule has 0 aromatic carbocycles. The van der Waals surface area contributed by atoms with E-state index < -0.39 is 0 Å². The topological polar surface area (TPSA) is 16.1 Å². The predicted molar refractivity (Wildman–Crippen MR) is 84.0 cm³/mol. The third kappa shape index (κ3) is 3.71. The van der Waals surface area contributed by atoms with Gasteiger partial charge in [0.15, 0.2) is 0 Å². The Balaban J connectivity index is 2.18. The van der Waals surface area contributed by atoms with Crippen LogP contribution < -0.4 is 0 Å². The summed E-state index contributed by atoms with van der Waals surface area (Å²) in [6.07, 6.45) is 7.85. The van der Waals surface area contributed by atoms with E-state index in [9.17, 15) is 0 Å². The van der Waals surface area contributed by atoms with Crippen molar-refractivity contribution in [2.24, 2.45) is 0 Å². The number of hydrogen-bond acceptors (Lipinski definition) is 3. The van der Waals surface area contributed by atoms with Crippen LogP contribution in [0.1, 0.15) is 69.1 Å². The van der Waals surface area contributed by atoms with Gasteiger partial charge < -0.3 is 0 Å². The molecule has 0 spiro atoms. The van der Waals surface area contributed by atoms with Crippen LogP contribution >= 0.6 is 22.9 Å². The molecule has 2 heterocycles. The van der Waals surface area contributed by atoms with Crippen LogP contribution in [0.2, 0.25) is 0 Å². The Morgan fingerprint density at radius 2 is 2.26 bits per heavy atom. The van der Waals surface area contributed by atoms with Gasteiger partial charge in [0.05, 0.1) is 17.6 Å². The second-order valence-corrected chi connectivity index (χ2v) is 6.54.